The van der Waals surface area contributed by atoms with Crippen LogP contribution in [0.1, 0.15) is 20.3 Å². The van der Waals surface area contributed by atoms with Crippen molar-refractivity contribution in [1.29, 1.82) is 0 Å². The Morgan fingerprint density at radius 2 is 2.09 bits per heavy atom. The van der Waals surface area contributed by atoms with Crippen LogP contribution in [0.15, 0.2) is 24.8 Å². The quantitative estimate of drug-likeness (QED) is 0.466. The van der Waals surface area contributed by atoms with Crippen molar-refractivity contribution >= 4 is 11.9 Å². The Morgan fingerprint density at radius 3 is 2.70 bits per heavy atom. The molecule has 3 N–H and O–H groups in total. The van der Waals surface area contributed by atoms with E-state index in [1.807, 2.05) is 12.2 Å². The van der Waals surface area contributed by atoms with Crippen molar-refractivity contribution in [2.75, 3.05) is 13.2 Å². The van der Waals surface area contributed by atoms with Gasteiger partial charge in [-0.3, -0.25) is 9.59 Å². The Balaban J connectivity index is 2.08. The molecule has 0 spiro atoms. The van der Waals surface area contributed by atoms with Crippen molar-refractivity contribution in [1.82, 2.24) is 5.32 Å². The first kappa shape index (κ1) is 17.7. The number of fused-ring (bicyclic) bond motifs is 2. The molecule has 6 heteroatoms. The third kappa shape index (κ3) is 3.48. The molecule has 2 aliphatic rings. The van der Waals surface area contributed by atoms with E-state index in [1.54, 1.807) is 13.8 Å². The van der Waals surface area contributed by atoms with Crippen LogP contribution in [0, 0.1) is 23.2 Å². The van der Waals surface area contributed by atoms with Gasteiger partial charge in [0, 0.05) is 11.5 Å². The molecule has 0 saturated heterocycles. The minimum absolute atomic E-state index is 0.0469. The predicted octanol–water partition coefficient (Wildman–Crippen LogP) is 0.402. The number of hydrogen-bond donors (Lipinski definition) is 3. The lowest BCUT2D eigenvalue weighted by Crippen LogP contribution is -2.53. The summed E-state index contributed by atoms with van der Waals surface area (Å²) in [6.45, 7) is 6.55. The van der Waals surface area contributed by atoms with E-state index in [-0.39, 0.29) is 37.1 Å². The molecule has 1 fully saturated rings. The number of rotatable bonds is 7. The topological polar surface area (TPSA) is 95.9 Å². The van der Waals surface area contributed by atoms with Gasteiger partial charge >= 0.3 is 5.97 Å². The SMILES string of the molecule is C=CCOC(=O)[C@H]1[C@H](NC(=O)[C@H](O)C(C)(C)CO)[C@@H]2C=C[C@H]1C2. The van der Waals surface area contributed by atoms with Crippen molar-refractivity contribution in [3.05, 3.63) is 24.8 Å². The number of hydrogen-bond acceptors (Lipinski definition) is 5. The van der Waals surface area contributed by atoms with Gasteiger partial charge in [0.15, 0.2) is 0 Å². The molecule has 1 amide bonds. The van der Waals surface area contributed by atoms with Crippen molar-refractivity contribution in [2.24, 2.45) is 23.2 Å². The van der Waals surface area contributed by atoms with E-state index in [0.29, 0.717) is 0 Å². The number of nitrogens with one attached hydrogen (secondary N) is 1. The van der Waals surface area contributed by atoms with Crippen molar-refractivity contribution in [3.8, 4) is 0 Å². The highest BCUT2D eigenvalue weighted by molar-refractivity contribution is 5.83. The van der Waals surface area contributed by atoms with Gasteiger partial charge in [0.2, 0.25) is 5.91 Å². The summed E-state index contributed by atoms with van der Waals surface area (Å²) in [5.74, 6) is -1.27. The third-order valence-corrected chi connectivity index (χ3v) is 4.78. The summed E-state index contributed by atoms with van der Waals surface area (Å²) in [5, 5.41) is 22.2. The number of amides is 1. The monoisotopic (exact) mass is 323 g/mol. The van der Waals surface area contributed by atoms with Crippen LogP contribution in [0.2, 0.25) is 0 Å². The van der Waals surface area contributed by atoms with E-state index in [9.17, 15) is 19.8 Å². The van der Waals surface area contributed by atoms with Crippen LogP contribution in [-0.2, 0) is 14.3 Å². The molecule has 128 valence electrons. The van der Waals surface area contributed by atoms with Crippen LogP contribution in [0.3, 0.4) is 0 Å². The Hall–Kier alpha value is -1.66. The summed E-state index contributed by atoms with van der Waals surface area (Å²) in [7, 11) is 0. The first-order chi connectivity index (χ1) is 10.8. The zero-order chi connectivity index (χ0) is 17.2. The second-order valence-corrected chi connectivity index (χ2v) is 6.98. The Kier molecular flexibility index (Phi) is 5.26. The zero-order valence-electron chi connectivity index (χ0n) is 13.6. The van der Waals surface area contributed by atoms with Gasteiger partial charge in [-0.15, -0.1) is 0 Å². The summed E-state index contributed by atoms with van der Waals surface area (Å²) < 4.78 is 5.14. The fraction of sp³-hybridized carbons (Fsp3) is 0.647. The molecule has 2 aliphatic carbocycles. The average molecular weight is 323 g/mol. The van der Waals surface area contributed by atoms with Crippen LogP contribution in [0.5, 0.6) is 0 Å². The molecular formula is C17H25NO5. The number of aliphatic hydroxyl groups is 2. The minimum atomic E-state index is -1.35. The molecule has 2 rings (SSSR count). The molecule has 2 bridgehead atoms. The first-order valence-electron chi connectivity index (χ1n) is 7.87. The highest BCUT2D eigenvalue weighted by atomic mass is 16.5. The van der Waals surface area contributed by atoms with E-state index in [4.69, 9.17) is 4.74 Å². The first-order valence-corrected chi connectivity index (χ1v) is 7.87. The Labute approximate surface area is 136 Å². The molecule has 0 aromatic rings. The van der Waals surface area contributed by atoms with Crippen molar-refractivity contribution < 1.29 is 24.5 Å². The summed E-state index contributed by atoms with van der Waals surface area (Å²) in [4.78, 5) is 24.5. The van der Waals surface area contributed by atoms with Crippen LogP contribution in [-0.4, -0.2) is 47.4 Å². The van der Waals surface area contributed by atoms with Crippen molar-refractivity contribution in [2.45, 2.75) is 32.4 Å². The van der Waals surface area contributed by atoms with E-state index < -0.39 is 23.3 Å². The van der Waals surface area contributed by atoms with E-state index in [1.165, 1.54) is 6.08 Å². The fourth-order valence-corrected chi connectivity index (χ4v) is 3.26. The third-order valence-electron chi connectivity index (χ3n) is 4.78. The van der Waals surface area contributed by atoms with E-state index in [2.05, 4.69) is 11.9 Å². The van der Waals surface area contributed by atoms with Gasteiger partial charge < -0.3 is 20.3 Å². The van der Waals surface area contributed by atoms with Gasteiger partial charge in [-0.05, 0) is 18.3 Å². The van der Waals surface area contributed by atoms with E-state index >= 15 is 0 Å². The molecule has 0 radical (unpaired) electrons. The second kappa shape index (κ2) is 6.84. The normalized spacial score (nSPS) is 30.1. The second-order valence-electron chi connectivity index (χ2n) is 6.98. The summed E-state index contributed by atoms with van der Waals surface area (Å²) in [5.41, 5.74) is -0.948. The Bertz CT molecular complexity index is 513. The standard InChI is InChI=1S/C17H25NO5/c1-4-7-23-16(22)12-10-5-6-11(8-10)13(12)18-15(21)14(20)17(2,3)9-19/h4-6,10-14,19-20H,1,7-9H2,2-3H3,(H,18,21)/t10-,11+,12+,13+,14-/m0/s1. The van der Waals surface area contributed by atoms with Crippen LogP contribution >= 0.6 is 0 Å². The average Bonchev–Trinajstić information content (AvgIpc) is 3.12. The van der Waals surface area contributed by atoms with Gasteiger partial charge in [0.05, 0.1) is 12.5 Å². The molecule has 0 heterocycles. The highest BCUT2D eigenvalue weighted by Gasteiger charge is 2.50. The van der Waals surface area contributed by atoms with Gasteiger partial charge in [-0.1, -0.05) is 38.7 Å². The van der Waals surface area contributed by atoms with Gasteiger partial charge in [-0.2, -0.15) is 0 Å². The fourth-order valence-electron chi connectivity index (χ4n) is 3.26. The molecule has 6 nitrogen and oxygen atoms in total. The molecule has 0 unspecified atom stereocenters. The van der Waals surface area contributed by atoms with Crippen LogP contribution < -0.4 is 5.32 Å². The molecule has 1 saturated carbocycles. The summed E-state index contributed by atoms with van der Waals surface area (Å²) in [6.07, 6.45) is 4.93. The molecular weight excluding hydrogens is 298 g/mol. The van der Waals surface area contributed by atoms with Gasteiger partial charge in [0.25, 0.3) is 0 Å². The number of esters is 1. The summed E-state index contributed by atoms with van der Waals surface area (Å²) >= 11 is 0. The van der Waals surface area contributed by atoms with Crippen LogP contribution in [0.25, 0.3) is 0 Å². The van der Waals surface area contributed by atoms with E-state index in [0.717, 1.165) is 6.42 Å². The number of carbonyl (C=O) groups is 2. The number of ether oxygens (including phenoxy) is 1. The molecule has 0 aliphatic heterocycles. The van der Waals surface area contributed by atoms with Crippen LogP contribution in [0.4, 0.5) is 0 Å². The maximum absolute atomic E-state index is 12.3. The van der Waals surface area contributed by atoms with Gasteiger partial charge in [0.1, 0.15) is 12.7 Å². The lowest BCUT2D eigenvalue weighted by Gasteiger charge is -2.32. The smallest absolute Gasteiger partial charge is 0.311 e. The largest absolute Gasteiger partial charge is 0.461 e. The lowest BCUT2D eigenvalue weighted by atomic mass is 9.85. The number of aliphatic hydroxyl groups excluding tert-OH is 2. The van der Waals surface area contributed by atoms with Gasteiger partial charge in [-0.25, -0.2) is 0 Å². The maximum atomic E-state index is 12.3. The zero-order valence-corrected chi connectivity index (χ0v) is 13.6. The summed E-state index contributed by atoms with van der Waals surface area (Å²) in [6, 6.07) is -0.390. The minimum Gasteiger partial charge on any atom is -0.461 e. The Morgan fingerprint density at radius 1 is 1.43 bits per heavy atom. The molecule has 0 aromatic carbocycles. The molecule has 5 atom stereocenters. The predicted molar refractivity (Wildman–Crippen MR) is 84.2 cm³/mol. The molecule has 23 heavy (non-hydrogen) atoms. The number of allylic oxidation sites excluding steroid dienone is 1. The lowest BCUT2D eigenvalue weighted by molar-refractivity contribution is -0.150. The highest BCUT2D eigenvalue weighted by Crippen LogP contribution is 2.44. The van der Waals surface area contributed by atoms with Crippen molar-refractivity contribution in [3.63, 3.8) is 0 Å². The molecule has 0 aromatic heterocycles. The maximum Gasteiger partial charge on any atom is 0.311 e. The number of carbonyl (C=O) groups excluding carboxylic acids is 2.